The lowest BCUT2D eigenvalue weighted by atomic mass is 10.1. The monoisotopic (exact) mass is 346 g/mol. The zero-order chi connectivity index (χ0) is 18.2. The zero-order valence-corrected chi connectivity index (χ0v) is 14.9. The van der Waals surface area contributed by atoms with Crippen LogP contribution in [-0.4, -0.2) is 41.8 Å². The molecule has 2 rings (SSSR count). The fraction of sp³-hybridized carbons (Fsp3) is 0.526. The third-order valence-corrected chi connectivity index (χ3v) is 4.54. The first-order valence-corrected chi connectivity index (χ1v) is 8.80. The summed E-state index contributed by atoms with van der Waals surface area (Å²) in [6, 6.07) is 8.88. The zero-order valence-electron chi connectivity index (χ0n) is 14.9. The van der Waals surface area contributed by atoms with Crippen molar-refractivity contribution in [1.82, 2.24) is 10.2 Å². The van der Waals surface area contributed by atoms with Gasteiger partial charge >= 0.3 is 5.97 Å². The minimum Gasteiger partial charge on any atom is -0.459 e. The van der Waals surface area contributed by atoms with Crippen molar-refractivity contribution in [3.05, 3.63) is 35.9 Å². The molecular weight excluding hydrogens is 320 g/mol. The van der Waals surface area contributed by atoms with Gasteiger partial charge in [0.1, 0.15) is 12.6 Å². The molecule has 0 bridgehead atoms. The van der Waals surface area contributed by atoms with E-state index < -0.39 is 6.04 Å². The van der Waals surface area contributed by atoms with Crippen molar-refractivity contribution in [1.29, 1.82) is 0 Å². The van der Waals surface area contributed by atoms with Crippen molar-refractivity contribution in [2.45, 2.75) is 45.8 Å². The van der Waals surface area contributed by atoms with Gasteiger partial charge in [0.05, 0.1) is 6.54 Å². The number of benzene rings is 1. The molecule has 1 saturated heterocycles. The minimum absolute atomic E-state index is 0.0777. The molecule has 136 valence electrons. The second-order valence-corrected chi connectivity index (χ2v) is 6.37. The first-order chi connectivity index (χ1) is 12.0. The van der Waals surface area contributed by atoms with E-state index in [-0.39, 0.29) is 36.9 Å². The summed E-state index contributed by atoms with van der Waals surface area (Å²) in [6.45, 7) is 4.38. The number of ether oxygens (including phenoxy) is 1. The molecule has 1 aromatic rings. The predicted molar refractivity (Wildman–Crippen MR) is 93.4 cm³/mol. The van der Waals surface area contributed by atoms with Gasteiger partial charge in [-0.1, -0.05) is 44.2 Å². The fourth-order valence-corrected chi connectivity index (χ4v) is 2.76. The van der Waals surface area contributed by atoms with Gasteiger partial charge in [0, 0.05) is 12.5 Å². The maximum atomic E-state index is 12.4. The largest absolute Gasteiger partial charge is 0.459 e. The van der Waals surface area contributed by atoms with Crippen LogP contribution < -0.4 is 5.32 Å². The van der Waals surface area contributed by atoms with E-state index in [1.807, 2.05) is 44.2 Å². The van der Waals surface area contributed by atoms with Crippen LogP contribution >= 0.6 is 0 Å². The van der Waals surface area contributed by atoms with Crippen LogP contribution in [0.25, 0.3) is 0 Å². The molecule has 1 aliphatic rings. The Bertz CT molecular complexity index is 603. The summed E-state index contributed by atoms with van der Waals surface area (Å²) >= 11 is 0. The lowest BCUT2D eigenvalue weighted by Gasteiger charge is -2.23. The van der Waals surface area contributed by atoms with Crippen LogP contribution in [0.4, 0.5) is 0 Å². The summed E-state index contributed by atoms with van der Waals surface area (Å²) in [5.41, 5.74) is 0.910. The Kier molecular flexibility index (Phi) is 6.98. The normalized spacial score (nSPS) is 17.8. The van der Waals surface area contributed by atoms with Crippen molar-refractivity contribution in [2.24, 2.45) is 5.92 Å². The standard InChI is InChI=1S/C19H26N2O4/c1-3-14(2)18(23)20-12-17(22)21-11-7-10-16(21)19(24)25-13-15-8-5-4-6-9-15/h4-6,8-9,14,16H,3,7,10-13H2,1-2H3,(H,20,23). The number of amides is 2. The molecule has 2 atom stereocenters. The third-order valence-electron chi connectivity index (χ3n) is 4.54. The van der Waals surface area contributed by atoms with Gasteiger partial charge in [-0.05, 0) is 24.8 Å². The molecule has 0 saturated carbocycles. The number of esters is 1. The van der Waals surface area contributed by atoms with Gasteiger partial charge < -0.3 is 15.0 Å². The molecule has 1 heterocycles. The topological polar surface area (TPSA) is 75.7 Å². The van der Waals surface area contributed by atoms with Crippen LogP contribution in [0.1, 0.15) is 38.7 Å². The third kappa shape index (κ3) is 5.31. The highest BCUT2D eigenvalue weighted by Crippen LogP contribution is 2.19. The minimum atomic E-state index is -0.559. The summed E-state index contributed by atoms with van der Waals surface area (Å²) < 4.78 is 5.35. The van der Waals surface area contributed by atoms with E-state index in [9.17, 15) is 14.4 Å². The van der Waals surface area contributed by atoms with E-state index in [4.69, 9.17) is 4.74 Å². The Morgan fingerprint density at radius 1 is 1.28 bits per heavy atom. The van der Waals surface area contributed by atoms with Crippen molar-refractivity contribution < 1.29 is 19.1 Å². The quantitative estimate of drug-likeness (QED) is 0.765. The number of carbonyl (C=O) groups is 3. The second-order valence-electron chi connectivity index (χ2n) is 6.37. The highest BCUT2D eigenvalue weighted by molar-refractivity contribution is 5.89. The van der Waals surface area contributed by atoms with E-state index in [0.29, 0.717) is 13.0 Å². The lowest BCUT2D eigenvalue weighted by molar-refractivity contribution is -0.154. The van der Waals surface area contributed by atoms with Crippen LogP contribution in [0.2, 0.25) is 0 Å². The number of hydrogen-bond donors (Lipinski definition) is 1. The van der Waals surface area contributed by atoms with Crippen LogP contribution in [0, 0.1) is 5.92 Å². The smallest absolute Gasteiger partial charge is 0.329 e. The van der Waals surface area contributed by atoms with Crippen LogP contribution in [-0.2, 0) is 25.7 Å². The van der Waals surface area contributed by atoms with Gasteiger partial charge in [-0.15, -0.1) is 0 Å². The maximum absolute atomic E-state index is 12.4. The Labute approximate surface area is 148 Å². The number of nitrogens with one attached hydrogen (secondary N) is 1. The van der Waals surface area contributed by atoms with Crippen molar-refractivity contribution in [3.63, 3.8) is 0 Å². The Hall–Kier alpha value is -2.37. The molecule has 0 spiro atoms. The molecule has 6 nitrogen and oxygen atoms in total. The van der Waals surface area contributed by atoms with E-state index in [2.05, 4.69) is 5.32 Å². The highest BCUT2D eigenvalue weighted by Gasteiger charge is 2.35. The molecule has 0 aliphatic carbocycles. The summed E-state index contributed by atoms with van der Waals surface area (Å²) in [4.78, 5) is 38.0. The van der Waals surface area contributed by atoms with Gasteiger partial charge in [-0.3, -0.25) is 9.59 Å². The highest BCUT2D eigenvalue weighted by atomic mass is 16.5. The molecule has 1 aromatic carbocycles. The van der Waals surface area contributed by atoms with Gasteiger partial charge in [0.15, 0.2) is 0 Å². The van der Waals surface area contributed by atoms with Crippen LogP contribution in [0.3, 0.4) is 0 Å². The molecular formula is C19H26N2O4. The summed E-state index contributed by atoms with van der Waals surface area (Å²) in [7, 11) is 0. The SMILES string of the molecule is CCC(C)C(=O)NCC(=O)N1CCCC1C(=O)OCc1ccccc1. The summed E-state index contributed by atoms with van der Waals surface area (Å²) in [5, 5.41) is 2.65. The molecule has 25 heavy (non-hydrogen) atoms. The number of carbonyl (C=O) groups excluding carboxylic acids is 3. The molecule has 0 radical (unpaired) electrons. The predicted octanol–water partition coefficient (Wildman–Crippen LogP) is 1.88. The van der Waals surface area contributed by atoms with Crippen molar-refractivity contribution >= 4 is 17.8 Å². The Morgan fingerprint density at radius 2 is 2.00 bits per heavy atom. The number of likely N-dealkylation sites (tertiary alicyclic amines) is 1. The van der Waals surface area contributed by atoms with Crippen molar-refractivity contribution in [2.75, 3.05) is 13.1 Å². The average molecular weight is 346 g/mol. The van der Waals surface area contributed by atoms with E-state index in [1.54, 1.807) is 0 Å². The van der Waals surface area contributed by atoms with E-state index in [0.717, 1.165) is 18.4 Å². The van der Waals surface area contributed by atoms with Gasteiger partial charge in [0.25, 0.3) is 0 Å². The summed E-state index contributed by atoms with van der Waals surface area (Å²) in [6.07, 6.45) is 2.08. The fourth-order valence-electron chi connectivity index (χ4n) is 2.76. The molecule has 0 aromatic heterocycles. The van der Waals surface area contributed by atoms with Gasteiger partial charge in [-0.25, -0.2) is 4.79 Å². The first-order valence-electron chi connectivity index (χ1n) is 8.80. The lowest BCUT2D eigenvalue weighted by Crippen LogP contribution is -2.46. The average Bonchev–Trinajstić information content (AvgIpc) is 3.14. The molecule has 6 heteroatoms. The van der Waals surface area contributed by atoms with Crippen LogP contribution in [0.5, 0.6) is 0 Å². The second kappa shape index (κ2) is 9.20. The van der Waals surface area contributed by atoms with E-state index in [1.165, 1.54) is 4.90 Å². The molecule has 1 N–H and O–H groups in total. The molecule has 1 aliphatic heterocycles. The molecule has 2 unspecified atom stereocenters. The summed E-state index contributed by atoms with van der Waals surface area (Å²) in [5.74, 6) is -0.893. The van der Waals surface area contributed by atoms with Crippen molar-refractivity contribution in [3.8, 4) is 0 Å². The number of hydrogen-bond acceptors (Lipinski definition) is 4. The van der Waals surface area contributed by atoms with E-state index >= 15 is 0 Å². The van der Waals surface area contributed by atoms with Gasteiger partial charge in [-0.2, -0.15) is 0 Å². The maximum Gasteiger partial charge on any atom is 0.329 e. The Morgan fingerprint density at radius 3 is 2.68 bits per heavy atom. The molecule has 2 amide bonds. The molecule has 1 fully saturated rings. The van der Waals surface area contributed by atoms with Gasteiger partial charge in [0.2, 0.25) is 11.8 Å². The van der Waals surface area contributed by atoms with Crippen LogP contribution in [0.15, 0.2) is 30.3 Å². The Balaban J connectivity index is 1.84. The number of rotatable bonds is 7. The first kappa shape index (κ1) is 19.0. The number of nitrogens with zero attached hydrogens (tertiary/aromatic N) is 1.